The molecule has 27 heavy (non-hydrogen) atoms. The third kappa shape index (κ3) is 4.87. The summed E-state index contributed by atoms with van der Waals surface area (Å²) in [5.74, 6) is 2.23. The van der Waals surface area contributed by atoms with Crippen molar-refractivity contribution >= 4 is 43.9 Å². The molecule has 0 aliphatic carbocycles. The van der Waals surface area contributed by atoms with Gasteiger partial charge < -0.3 is 0 Å². The zero-order valence-electron chi connectivity index (χ0n) is 17.1. The second kappa shape index (κ2) is 10.5. The molecule has 2 aromatic heterocycles. The van der Waals surface area contributed by atoms with E-state index in [2.05, 4.69) is 38.3 Å². The van der Waals surface area contributed by atoms with Crippen LogP contribution in [0.5, 0.6) is 11.5 Å². The standard InChI is InChI=1S/C10H7O2S2.3C4H9.Sn/c1-2-8(13-5-1)10-9-7(6-14-10)11-3-4-12-9;3*1-3-4-2;/h1-2,5H,3-4H2;3*1,3-4H2,2H3;. The average molecular weight is 513 g/mol. The summed E-state index contributed by atoms with van der Waals surface area (Å²) in [5, 5.41) is 2.17. The third-order valence-electron chi connectivity index (χ3n) is 5.65. The third-order valence-corrected chi connectivity index (χ3v) is 26.1. The van der Waals surface area contributed by atoms with Crippen molar-refractivity contribution in [2.75, 3.05) is 13.2 Å². The summed E-state index contributed by atoms with van der Waals surface area (Å²) in [7, 11) is 0. The van der Waals surface area contributed by atoms with Gasteiger partial charge in [-0.1, -0.05) is 0 Å². The molecule has 0 bridgehead atoms. The zero-order chi connectivity index (χ0) is 19.1. The summed E-state index contributed by atoms with van der Waals surface area (Å²) in [4.78, 5) is 2.68. The Labute approximate surface area is 177 Å². The van der Waals surface area contributed by atoms with Crippen molar-refractivity contribution in [2.45, 2.75) is 72.6 Å². The molecule has 0 amide bonds. The Morgan fingerprint density at radius 2 is 1.48 bits per heavy atom. The van der Waals surface area contributed by atoms with Gasteiger partial charge in [0, 0.05) is 0 Å². The van der Waals surface area contributed by atoms with Crippen LogP contribution in [-0.2, 0) is 0 Å². The SMILES string of the molecule is CCC[CH2][Sn]([CH2]CCC)([CH2]CCC)[c]1sc(-c2cccs2)c2c1OCCO2. The molecule has 150 valence electrons. The van der Waals surface area contributed by atoms with E-state index >= 15 is 0 Å². The molecular weight excluding hydrogens is 479 g/mol. The Kier molecular flexibility index (Phi) is 8.40. The summed E-state index contributed by atoms with van der Waals surface area (Å²) in [6, 6.07) is 4.39. The second-order valence-corrected chi connectivity index (χ2v) is 23.7. The number of hydrogen-bond acceptors (Lipinski definition) is 4. The van der Waals surface area contributed by atoms with Crippen LogP contribution in [0, 0.1) is 0 Å². The van der Waals surface area contributed by atoms with Gasteiger partial charge in [-0.3, -0.25) is 0 Å². The molecule has 0 spiro atoms. The number of ether oxygens (including phenoxy) is 2. The molecule has 0 fully saturated rings. The van der Waals surface area contributed by atoms with Crippen molar-refractivity contribution in [1.29, 1.82) is 0 Å². The fraction of sp³-hybridized carbons (Fsp3) is 0.636. The maximum atomic E-state index is 6.32. The predicted molar refractivity (Wildman–Crippen MR) is 123 cm³/mol. The molecule has 0 atom stereocenters. The minimum absolute atomic E-state index is 0.683. The van der Waals surface area contributed by atoms with E-state index in [4.69, 9.17) is 9.47 Å². The first kappa shape index (κ1) is 21.5. The van der Waals surface area contributed by atoms with Crippen molar-refractivity contribution in [3.05, 3.63) is 17.5 Å². The topological polar surface area (TPSA) is 18.5 Å². The van der Waals surface area contributed by atoms with Gasteiger partial charge in [0.1, 0.15) is 0 Å². The van der Waals surface area contributed by atoms with Gasteiger partial charge in [-0.05, 0) is 0 Å². The molecule has 0 N–H and O–H groups in total. The van der Waals surface area contributed by atoms with Gasteiger partial charge in [-0.2, -0.15) is 0 Å². The van der Waals surface area contributed by atoms with Gasteiger partial charge in [0.25, 0.3) is 0 Å². The molecule has 0 aromatic carbocycles. The molecule has 2 aromatic rings. The Morgan fingerprint density at radius 1 is 0.889 bits per heavy atom. The van der Waals surface area contributed by atoms with Crippen LogP contribution in [0.2, 0.25) is 13.3 Å². The number of rotatable bonds is 11. The van der Waals surface area contributed by atoms with Crippen LogP contribution < -0.4 is 12.4 Å². The normalized spacial score (nSPS) is 13.9. The van der Waals surface area contributed by atoms with E-state index in [1.807, 2.05) is 22.7 Å². The molecule has 3 heterocycles. The Morgan fingerprint density at radius 3 is 2.00 bits per heavy atom. The fourth-order valence-corrected chi connectivity index (χ4v) is 25.7. The molecule has 0 saturated heterocycles. The van der Waals surface area contributed by atoms with Crippen molar-refractivity contribution in [3.8, 4) is 21.3 Å². The summed E-state index contributed by atoms with van der Waals surface area (Å²) >= 11 is 1.35. The van der Waals surface area contributed by atoms with Crippen LogP contribution in [0.15, 0.2) is 17.5 Å². The number of hydrogen-bond donors (Lipinski definition) is 0. The van der Waals surface area contributed by atoms with Gasteiger partial charge >= 0.3 is 178 Å². The van der Waals surface area contributed by atoms with Crippen LogP contribution >= 0.6 is 22.7 Å². The zero-order valence-corrected chi connectivity index (χ0v) is 21.6. The first-order chi connectivity index (χ1) is 13.3. The fourth-order valence-electron chi connectivity index (χ4n) is 4.13. The molecule has 2 nitrogen and oxygen atoms in total. The van der Waals surface area contributed by atoms with Crippen LogP contribution in [0.3, 0.4) is 0 Å². The van der Waals surface area contributed by atoms with E-state index in [1.54, 1.807) is 2.89 Å². The van der Waals surface area contributed by atoms with Crippen molar-refractivity contribution in [3.63, 3.8) is 0 Å². The summed E-state index contributed by atoms with van der Waals surface area (Å²) in [6.07, 6.45) is 8.06. The summed E-state index contributed by atoms with van der Waals surface area (Å²) < 4.78 is 18.6. The Bertz CT molecular complexity index is 672. The maximum absolute atomic E-state index is 6.32. The van der Waals surface area contributed by atoms with Gasteiger partial charge in [0.2, 0.25) is 0 Å². The molecular formula is C22H34O2S2Sn. The van der Waals surface area contributed by atoms with E-state index in [0.29, 0.717) is 13.2 Å². The summed E-state index contributed by atoms with van der Waals surface area (Å²) in [6.45, 7) is 8.42. The average Bonchev–Trinajstić information content (AvgIpc) is 3.36. The van der Waals surface area contributed by atoms with Crippen LogP contribution in [0.4, 0.5) is 0 Å². The van der Waals surface area contributed by atoms with Crippen LogP contribution in [0.25, 0.3) is 9.75 Å². The predicted octanol–water partition coefficient (Wildman–Crippen LogP) is 7.30. The molecule has 0 unspecified atom stereocenters. The van der Waals surface area contributed by atoms with E-state index in [0.717, 1.165) is 11.5 Å². The number of thiophene rings is 2. The van der Waals surface area contributed by atoms with Crippen LogP contribution in [0.1, 0.15) is 59.3 Å². The Hall–Kier alpha value is -0.201. The van der Waals surface area contributed by atoms with Crippen molar-refractivity contribution < 1.29 is 9.47 Å². The monoisotopic (exact) mass is 514 g/mol. The first-order valence-corrected chi connectivity index (χ1v) is 19.9. The molecule has 0 saturated carbocycles. The van der Waals surface area contributed by atoms with Gasteiger partial charge in [-0.25, -0.2) is 0 Å². The van der Waals surface area contributed by atoms with Crippen LogP contribution in [-0.4, -0.2) is 31.6 Å². The van der Waals surface area contributed by atoms with Gasteiger partial charge in [0.15, 0.2) is 0 Å². The van der Waals surface area contributed by atoms with Crippen molar-refractivity contribution in [1.82, 2.24) is 0 Å². The van der Waals surface area contributed by atoms with E-state index in [-0.39, 0.29) is 0 Å². The molecule has 0 radical (unpaired) electrons. The molecule has 5 heteroatoms. The van der Waals surface area contributed by atoms with Gasteiger partial charge in [-0.15, -0.1) is 0 Å². The van der Waals surface area contributed by atoms with Gasteiger partial charge in [0.05, 0.1) is 0 Å². The second-order valence-electron chi connectivity index (χ2n) is 7.68. The molecule has 1 aliphatic rings. The first-order valence-electron chi connectivity index (χ1n) is 10.7. The van der Waals surface area contributed by atoms with E-state index in [1.165, 1.54) is 61.6 Å². The van der Waals surface area contributed by atoms with Crippen molar-refractivity contribution in [2.24, 2.45) is 0 Å². The molecule has 3 rings (SSSR count). The number of unbranched alkanes of at least 4 members (excludes halogenated alkanes) is 3. The Balaban J connectivity index is 2.09. The minimum atomic E-state index is -2.52. The van der Waals surface area contributed by atoms with E-state index < -0.39 is 18.4 Å². The summed E-state index contributed by atoms with van der Waals surface area (Å²) in [5.41, 5.74) is 0. The van der Waals surface area contributed by atoms with E-state index in [9.17, 15) is 0 Å². The quantitative estimate of drug-likeness (QED) is 0.294. The molecule has 1 aliphatic heterocycles. The number of fused-ring (bicyclic) bond motifs is 1.